The Kier molecular flexibility index (Phi) is 11.2. The van der Waals surface area contributed by atoms with E-state index >= 15 is 0 Å². The van der Waals surface area contributed by atoms with Crippen molar-refractivity contribution in [3.05, 3.63) is 9.67 Å². The first-order chi connectivity index (χ1) is 12.6. The van der Waals surface area contributed by atoms with E-state index in [2.05, 4.69) is 60.7 Å². The zero-order chi connectivity index (χ0) is 20.6. The molecule has 1 nitrogen and oxygen atoms in total. The minimum absolute atomic E-state index is 0.311. The normalized spacial score (nSPS) is 19.3. The average Bonchev–Trinajstić information content (AvgIpc) is 2.60. The van der Waals surface area contributed by atoms with Crippen molar-refractivity contribution in [2.75, 3.05) is 0 Å². The van der Waals surface area contributed by atoms with Crippen LogP contribution in [0.5, 0.6) is 0 Å². The fraction of sp³-hybridized carbons (Fsp3) is 0.917. The second kappa shape index (κ2) is 11.8. The zero-order valence-corrected chi connectivity index (χ0v) is 23.9. The average molecular weight is 501 g/mol. The predicted molar refractivity (Wildman–Crippen MR) is 129 cm³/mol. The number of allylic oxidation sites excluding steroid dienone is 1. The van der Waals surface area contributed by atoms with Gasteiger partial charge in [0.25, 0.3) is 0 Å². The van der Waals surface area contributed by atoms with Crippen molar-refractivity contribution in [1.82, 2.24) is 0 Å². The summed E-state index contributed by atoms with van der Waals surface area (Å²) in [5.74, 6) is 0. The van der Waals surface area contributed by atoms with Crippen molar-refractivity contribution in [1.29, 1.82) is 0 Å². The van der Waals surface area contributed by atoms with Crippen LogP contribution in [-0.2, 0) is 4.43 Å². The van der Waals surface area contributed by atoms with E-state index in [9.17, 15) is 0 Å². The molecule has 0 N–H and O–H groups in total. The summed E-state index contributed by atoms with van der Waals surface area (Å²) in [6.07, 6.45) is 15.7. The molecule has 0 aromatic heterocycles. The van der Waals surface area contributed by atoms with Gasteiger partial charge in [-0.25, -0.2) is 0 Å². The molecule has 1 aliphatic carbocycles. The summed E-state index contributed by atoms with van der Waals surface area (Å²) in [5, 5.41) is 0.311. The van der Waals surface area contributed by atoms with E-state index in [1.807, 2.05) is 3.59 Å². The van der Waals surface area contributed by atoms with Gasteiger partial charge in [-0.05, 0) is 0 Å². The van der Waals surface area contributed by atoms with Crippen LogP contribution in [0.4, 0.5) is 0 Å². The van der Waals surface area contributed by atoms with Gasteiger partial charge >= 0.3 is 178 Å². The molecule has 27 heavy (non-hydrogen) atoms. The van der Waals surface area contributed by atoms with E-state index in [-0.39, 0.29) is 0 Å². The summed E-state index contributed by atoms with van der Waals surface area (Å²) in [4.78, 5) is 0. The van der Waals surface area contributed by atoms with Crippen LogP contribution in [0.25, 0.3) is 0 Å². The van der Waals surface area contributed by atoms with Crippen molar-refractivity contribution in [3.63, 3.8) is 0 Å². The minimum atomic E-state index is -2.24. The zero-order valence-electron chi connectivity index (χ0n) is 20.0. The molecule has 0 aromatic carbocycles. The molecule has 0 heterocycles. The van der Waals surface area contributed by atoms with Gasteiger partial charge in [0.05, 0.1) is 0 Å². The quantitative estimate of drug-likeness (QED) is 0.243. The Balaban J connectivity index is 3.11. The topological polar surface area (TPSA) is 9.23 Å². The Morgan fingerprint density at radius 3 is 1.85 bits per heavy atom. The van der Waals surface area contributed by atoms with Gasteiger partial charge in [0, 0.05) is 0 Å². The summed E-state index contributed by atoms with van der Waals surface area (Å²) < 4.78 is 13.7. The van der Waals surface area contributed by atoms with E-state index < -0.39 is 26.7 Å². The first-order valence-corrected chi connectivity index (χ1v) is 22.4. The van der Waals surface area contributed by atoms with Gasteiger partial charge in [0.2, 0.25) is 0 Å². The molecule has 1 rings (SSSR count). The Bertz CT molecular complexity index is 428. The van der Waals surface area contributed by atoms with E-state index in [1.54, 1.807) is 13.3 Å². The van der Waals surface area contributed by atoms with Crippen molar-refractivity contribution >= 4 is 26.7 Å². The number of hydrogen-bond donors (Lipinski definition) is 0. The van der Waals surface area contributed by atoms with Crippen LogP contribution in [0.2, 0.25) is 31.4 Å². The molecule has 1 atom stereocenters. The maximum atomic E-state index is 6.88. The number of rotatable bonds is 12. The van der Waals surface area contributed by atoms with Gasteiger partial charge in [0.15, 0.2) is 0 Å². The number of unbranched alkanes of at least 4 members (excludes halogenated alkanes) is 3. The van der Waals surface area contributed by atoms with Gasteiger partial charge in [-0.1, -0.05) is 0 Å². The van der Waals surface area contributed by atoms with Gasteiger partial charge < -0.3 is 0 Å². The van der Waals surface area contributed by atoms with Gasteiger partial charge in [-0.15, -0.1) is 0 Å². The van der Waals surface area contributed by atoms with Crippen LogP contribution in [0, 0.1) is 0 Å². The molecule has 0 amide bonds. The molecule has 1 aliphatic rings. The fourth-order valence-electron chi connectivity index (χ4n) is 4.38. The third-order valence-electron chi connectivity index (χ3n) is 7.28. The monoisotopic (exact) mass is 502 g/mol. The summed E-state index contributed by atoms with van der Waals surface area (Å²) in [7, 11) is -1.68. The van der Waals surface area contributed by atoms with Gasteiger partial charge in [-0.3, -0.25) is 0 Å². The van der Waals surface area contributed by atoms with Crippen molar-refractivity contribution < 1.29 is 4.43 Å². The Hall–Kier alpha value is 0.716. The second-order valence-corrected chi connectivity index (χ2v) is 28.8. The van der Waals surface area contributed by atoms with Crippen molar-refractivity contribution in [2.24, 2.45) is 0 Å². The summed E-state index contributed by atoms with van der Waals surface area (Å²) >= 11 is -2.24. The summed E-state index contributed by atoms with van der Waals surface area (Å²) in [6, 6.07) is 0. The Morgan fingerprint density at radius 1 is 0.963 bits per heavy atom. The Labute approximate surface area is 177 Å². The molecule has 0 aliphatic heterocycles. The fourth-order valence-corrected chi connectivity index (χ4v) is 22.9. The molecule has 3 heteroatoms. The third-order valence-corrected chi connectivity index (χ3v) is 28.1. The first kappa shape index (κ1) is 25.8. The molecule has 0 spiro atoms. The van der Waals surface area contributed by atoms with Crippen LogP contribution < -0.4 is 0 Å². The van der Waals surface area contributed by atoms with Crippen LogP contribution in [-0.4, -0.2) is 32.8 Å². The Morgan fingerprint density at radius 2 is 1.44 bits per heavy atom. The van der Waals surface area contributed by atoms with Crippen LogP contribution in [0.3, 0.4) is 0 Å². The molecular weight excluding hydrogens is 451 g/mol. The molecule has 0 radical (unpaired) electrons. The molecule has 0 fully saturated rings. The van der Waals surface area contributed by atoms with Gasteiger partial charge in [0.1, 0.15) is 0 Å². The van der Waals surface area contributed by atoms with Crippen molar-refractivity contribution in [2.45, 2.75) is 137 Å². The predicted octanol–water partition coefficient (Wildman–Crippen LogP) is 8.88. The van der Waals surface area contributed by atoms with E-state index in [4.69, 9.17) is 4.43 Å². The van der Waals surface area contributed by atoms with Crippen LogP contribution in [0.1, 0.15) is 99.3 Å². The molecule has 0 saturated carbocycles. The third kappa shape index (κ3) is 7.81. The molecule has 0 aromatic rings. The van der Waals surface area contributed by atoms with E-state index in [1.165, 1.54) is 57.8 Å². The van der Waals surface area contributed by atoms with Crippen molar-refractivity contribution in [3.8, 4) is 0 Å². The van der Waals surface area contributed by atoms with E-state index in [0.29, 0.717) is 11.1 Å². The molecule has 0 saturated heterocycles. The first-order valence-electron chi connectivity index (χ1n) is 12.0. The number of hydrogen-bond acceptors (Lipinski definition) is 1. The van der Waals surface area contributed by atoms with Gasteiger partial charge in [-0.2, -0.15) is 0 Å². The summed E-state index contributed by atoms with van der Waals surface area (Å²) in [6.45, 7) is 19.1. The summed E-state index contributed by atoms with van der Waals surface area (Å²) in [5.41, 5.74) is 0. The van der Waals surface area contributed by atoms with Crippen LogP contribution >= 0.6 is 0 Å². The molecular formula is C24H50OSiSn. The SMILES string of the molecule is CCC[CH2][Sn]([CH2]CCC)([CH2]CCC)[C]1=C[C@@H](O[Si](C)(C)C(C)(C)C)CCC1. The molecule has 0 unspecified atom stereocenters. The maximum absolute atomic E-state index is 6.88. The molecule has 160 valence electrons. The van der Waals surface area contributed by atoms with Crippen LogP contribution in [0.15, 0.2) is 9.67 Å². The van der Waals surface area contributed by atoms with E-state index in [0.717, 1.165) is 0 Å². The molecule has 0 bridgehead atoms. The second-order valence-electron chi connectivity index (χ2n) is 10.6. The standard InChI is InChI=1S/C12H23OSi.3C4H9.Sn/c1-12(2,3)14(4,5)13-11-9-7-6-8-10-11;3*1-3-4-2;/h10-11H,6-7,9H2,1-5H3;3*1,3-4H2,2H3;/t11-;;;;/m0..../s1.